The molecule has 1 amide bonds. The van der Waals surface area contributed by atoms with Gasteiger partial charge in [-0.15, -0.1) is 0 Å². The molecule has 29 heavy (non-hydrogen) atoms. The highest BCUT2D eigenvalue weighted by atomic mass is 32.2. The first-order valence-corrected chi connectivity index (χ1v) is 12.2. The normalized spacial score (nSPS) is 21.5. The Kier molecular flexibility index (Phi) is 4.51. The first-order valence-electron chi connectivity index (χ1n) is 10.7. The first-order chi connectivity index (χ1) is 13.9. The van der Waals surface area contributed by atoms with Gasteiger partial charge in [-0.1, -0.05) is 6.92 Å². The van der Waals surface area contributed by atoms with Gasteiger partial charge in [-0.05, 0) is 62.4 Å². The summed E-state index contributed by atoms with van der Waals surface area (Å²) in [6.07, 6.45) is 4.31. The Morgan fingerprint density at radius 2 is 1.79 bits per heavy atom. The molecule has 1 saturated heterocycles. The number of likely N-dealkylation sites (tertiary alicyclic amines) is 1. The van der Waals surface area contributed by atoms with Crippen molar-refractivity contribution in [1.82, 2.24) is 13.8 Å². The summed E-state index contributed by atoms with van der Waals surface area (Å²) < 4.78 is 28.0. The molecule has 3 aliphatic rings. The third-order valence-electron chi connectivity index (χ3n) is 6.81. The molecule has 0 atom stereocenters. The minimum absolute atomic E-state index is 0.0644. The van der Waals surface area contributed by atoms with Gasteiger partial charge in [-0.25, -0.2) is 12.4 Å². The zero-order valence-electron chi connectivity index (χ0n) is 17.2. The molecular formula is C22H29N3O3S. The Morgan fingerprint density at radius 3 is 2.48 bits per heavy atom. The van der Waals surface area contributed by atoms with Crippen molar-refractivity contribution in [3.8, 4) is 0 Å². The van der Waals surface area contributed by atoms with Crippen LogP contribution < -0.4 is 0 Å². The van der Waals surface area contributed by atoms with Gasteiger partial charge in [0.2, 0.25) is 10.0 Å². The third-order valence-corrected chi connectivity index (χ3v) is 9.05. The van der Waals surface area contributed by atoms with Crippen LogP contribution in [-0.2, 0) is 23.0 Å². The predicted molar refractivity (Wildman–Crippen MR) is 114 cm³/mol. The number of aromatic nitrogens is 1. The van der Waals surface area contributed by atoms with Gasteiger partial charge in [0, 0.05) is 49.2 Å². The van der Waals surface area contributed by atoms with E-state index in [2.05, 4.69) is 18.9 Å². The number of rotatable bonds is 3. The van der Waals surface area contributed by atoms with Crippen LogP contribution in [0.25, 0.3) is 10.9 Å². The van der Waals surface area contributed by atoms with Crippen molar-refractivity contribution in [2.24, 2.45) is 5.92 Å². The monoisotopic (exact) mass is 415 g/mol. The van der Waals surface area contributed by atoms with Crippen molar-refractivity contribution < 1.29 is 13.2 Å². The molecule has 3 heterocycles. The van der Waals surface area contributed by atoms with Crippen molar-refractivity contribution in [2.45, 2.75) is 50.8 Å². The number of amides is 1. The number of benzene rings is 1. The molecule has 0 bridgehead atoms. The van der Waals surface area contributed by atoms with Crippen LogP contribution in [0.2, 0.25) is 0 Å². The summed E-state index contributed by atoms with van der Waals surface area (Å²) in [5, 5.41) is 0.672. The van der Waals surface area contributed by atoms with Crippen LogP contribution in [0.5, 0.6) is 0 Å². The van der Waals surface area contributed by atoms with Crippen LogP contribution in [0.1, 0.15) is 54.2 Å². The second kappa shape index (κ2) is 6.84. The van der Waals surface area contributed by atoms with E-state index in [1.165, 1.54) is 0 Å². The van der Waals surface area contributed by atoms with Gasteiger partial charge in [0.25, 0.3) is 5.91 Å². The maximum absolute atomic E-state index is 13.2. The maximum atomic E-state index is 13.2. The highest BCUT2D eigenvalue weighted by Crippen LogP contribution is 2.38. The molecule has 2 fully saturated rings. The molecule has 156 valence electrons. The van der Waals surface area contributed by atoms with E-state index in [0.717, 1.165) is 80.4 Å². The Labute approximate surface area is 172 Å². The van der Waals surface area contributed by atoms with Crippen LogP contribution in [0.4, 0.5) is 0 Å². The molecule has 1 aromatic carbocycles. The molecular weight excluding hydrogens is 386 g/mol. The minimum Gasteiger partial charge on any atom is -0.339 e. The summed E-state index contributed by atoms with van der Waals surface area (Å²) in [6, 6.07) is 5.61. The summed E-state index contributed by atoms with van der Waals surface area (Å²) >= 11 is 0. The van der Waals surface area contributed by atoms with Crippen molar-refractivity contribution in [2.75, 3.05) is 26.7 Å². The molecule has 5 rings (SSSR count). The van der Waals surface area contributed by atoms with Gasteiger partial charge < -0.3 is 9.80 Å². The molecule has 1 aromatic heterocycles. The molecule has 0 radical (unpaired) electrons. The number of piperidine rings is 1. The number of likely N-dealkylation sites (N-methyl/N-ethyl adjacent to an activating group) is 1. The lowest BCUT2D eigenvalue weighted by atomic mass is 9.98. The largest absolute Gasteiger partial charge is 0.339 e. The van der Waals surface area contributed by atoms with Gasteiger partial charge in [0.15, 0.2) is 0 Å². The molecule has 2 aromatic rings. The van der Waals surface area contributed by atoms with Crippen LogP contribution in [0.3, 0.4) is 0 Å². The fraction of sp³-hybridized carbons (Fsp3) is 0.591. The van der Waals surface area contributed by atoms with E-state index in [1.807, 2.05) is 23.1 Å². The van der Waals surface area contributed by atoms with E-state index in [-0.39, 0.29) is 11.2 Å². The van der Waals surface area contributed by atoms with E-state index in [1.54, 1.807) is 3.97 Å². The number of carbonyl (C=O) groups is 1. The minimum atomic E-state index is -3.36. The van der Waals surface area contributed by atoms with Crippen LogP contribution >= 0.6 is 0 Å². The fourth-order valence-electron chi connectivity index (χ4n) is 4.79. The SMILES string of the molecule is CC1CCN(C(=O)c2ccc3c(c2)c2c(n3S(=O)(=O)C3CC3)CCN(C)C2)CC1. The van der Waals surface area contributed by atoms with Crippen LogP contribution in [0, 0.1) is 5.92 Å². The molecule has 0 unspecified atom stereocenters. The summed E-state index contributed by atoms with van der Waals surface area (Å²) in [5.74, 6) is 0.736. The van der Waals surface area contributed by atoms with Crippen molar-refractivity contribution in [1.29, 1.82) is 0 Å². The molecule has 1 saturated carbocycles. The van der Waals surface area contributed by atoms with Crippen LogP contribution in [-0.4, -0.2) is 60.0 Å². The lowest BCUT2D eigenvalue weighted by Crippen LogP contribution is -2.37. The van der Waals surface area contributed by atoms with E-state index >= 15 is 0 Å². The molecule has 7 heteroatoms. The lowest BCUT2D eigenvalue weighted by Gasteiger charge is -2.30. The zero-order valence-corrected chi connectivity index (χ0v) is 18.0. The quantitative estimate of drug-likeness (QED) is 0.773. The molecule has 6 nitrogen and oxygen atoms in total. The van der Waals surface area contributed by atoms with Gasteiger partial charge >= 0.3 is 0 Å². The van der Waals surface area contributed by atoms with Gasteiger partial charge in [0.05, 0.1) is 10.8 Å². The molecule has 1 aliphatic carbocycles. The summed E-state index contributed by atoms with van der Waals surface area (Å²) in [7, 11) is -1.30. The summed E-state index contributed by atoms with van der Waals surface area (Å²) in [6.45, 7) is 5.41. The Hall–Kier alpha value is -1.86. The summed E-state index contributed by atoms with van der Waals surface area (Å²) in [5.41, 5.74) is 3.39. The van der Waals surface area contributed by atoms with Gasteiger partial charge in [-0.2, -0.15) is 0 Å². The molecule has 0 N–H and O–H groups in total. The van der Waals surface area contributed by atoms with Crippen molar-refractivity contribution in [3.63, 3.8) is 0 Å². The second-order valence-electron chi connectivity index (χ2n) is 9.13. The molecule has 2 aliphatic heterocycles. The zero-order chi connectivity index (χ0) is 20.3. The van der Waals surface area contributed by atoms with Gasteiger partial charge in [0.1, 0.15) is 0 Å². The number of nitrogens with zero attached hydrogens (tertiary/aromatic N) is 3. The van der Waals surface area contributed by atoms with E-state index in [0.29, 0.717) is 11.5 Å². The van der Waals surface area contributed by atoms with E-state index in [9.17, 15) is 13.2 Å². The number of fused-ring (bicyclic) bond motifs is 3. The predicted octanol–water partition coefficient (Wildman–Crippen LogP) is 2.84. The Morgan fingerprint density at radius 1 is 1.07 bits per heavy atom. The lowest BCUT2D eigenvalue weighted by molar-refractivity contribution is 0.0697. The Bertz CT molecular complexity index is 1080. The van der Waals surface area contributed by atoms with Crippen molar-refractivity contribution >= 4 is 26.8 Å². The maximum Gasteiger partial charge on any atom is 0.253 e. The number of hydrogen-bond donors (Lipinski definition) is 0. The van der Waals surface area contributed by atoms with Crippen LogP contribution in [0.15, 0.2) is 18.2 Å². The average molecular weight is 416 g/mol. The third kappa shape index (κ3) is 3.19. The topological polar surface area (TPSA) is 62.6 Å². The highest BCUT2D eigenvalue weighted by Gasteiger charge is 2.40. The standard InChI is InChI=1S/C22H29N3O3S/c1-15-7-11-24(12-8-15)22(26)16-3-6-20-18(13-16)19-14-23(2)10-9-21(19)25(20)29(27,28)17-4-5-17/h3,6,13,15,17H,4-5,7-12,14H2,1-2H3. The first kappa shape index (κ1) is 19.1. The number of hydrogen-bond acceptors (Lipinski definition) is 4. The number of carbonyl (C=O) groups excluding carboxylic acids is 1. The average Bonchev–Trinajstić information content (AvgIpc) is 3.51. The van der Waals surface area contributed by atoms with E-state index < -0.39 is 10.0 Å². The van der Waals surface area contributed by atoms with Gasteiger partial charge in [-0.3, -0.25) is 4.79 Å². The summed E-state index contributed by atoms with van der Waals surface area (Å²) in [4.78, 5) is 17.3. The Balaban J connectivity index is 1.61. The smallest absolute Gasteiger partial charge is 0.253 e. The second-order valence-corrected chi connectivity index (χ2v) is 11.2. The van der Waals surface area contributed by atoms with Crippen molar-refractivity contribution in [3.05, 3.63) is 35.0 Å². The molecule has 0 spiro atoms. The fourth-order valence-corrected chi connectivity index (χ4v) is 6.76. The highest BCUT2D eigenvalue weighted by molar-refractivity contribution is 7.91. The van der Waals surface area contributed by atoms with E-state index in [4.69, 9.17) is 0 Å².